The Hall–Kier alpha value is -1.35. The molecule has 3 nitrogen and oxygen atoms in total. The molecule has 80 valence electrons. The van der Waals surface area contributed by atoms with Gasteiger partial charge in [-0.3, -0.25) is 0 Å². The number of H-pyrrole nitrogens is 1. The van der Waals surface area contributed by atoms with E-state index >= 15 is 0 Å². The van der Waals surface area contributed by atoms with E-state index in [4.69, 9.17) is 5.73 Å². The van der Waals surface area contributed by atoms with Crippen LogP contribution in [0.25, 0.3) is 11.0 Å². The van der Waals surface area contributed by atoms with E-state index in [1.165, 1.54) is 5.56 Å². The molecule has 0 saturated heterocycles. The van der Waals surface area contributed by atoms with Crippen LogP contribution in [0.2, 0.25) is 0 Å². The number of hydrogen-bond donors (Lipinski definition) is 2. The van der Waals surface area contributed by atoms with Crippen LogP contribution in [0.1, 0.15) is 37.2 Å². The fourth-order valence-electron chi connectivity index (χ4n) is 1.82. The highest BCUT2D eigenvalue weighted by atomic mass is 15.0. The summed E-state index contributed by atoms with van der Waals surface area (Å²) in [6.45, 7) is 4.20. The fourth-order valence-corrected chi connectivity index (χ4v) is 1.82. The molecule has 3 N–H and O–H groups in total. The highest BCUT2D eigenvalue weighted by molar-refractivity contribution is 5.78. The molecular weight excluding hydrogens is 186 g/mol. The maximum Gasteiger partial charge on any atom is 0.124 e. The maximum atomic E-state index is 6.03. The molecule has 0 amide bonds. The summed E-state index contributed by atoms with van der Waals surface area (Å²) in [4.78, 5) is 7.84. The Morgan fingerprint density at radius 2 is 2.27 bits per heavy atom. The first kappa shape index (κ1) is 10.2. The number of benzene rings is 1. The number of nitrogens with two attached hydrogens (primary N) is 1. The molecule has 1 atom stereocenters. The predicted molar refractivity (Wildman–Crippen MR) is 62.7 cm³/mol. The van der Waals surface area contributed by atoms with Crippen LogP contribution >= 0.6 is 0 Å². The van der Waals surface area contributed by atoms with Crippen molar-refractivity contribution in [3.63, 3.8) is 0 Å². The minimum Gasteiger partial charge on any atom is -0.341 e. The number of aromatic amines is 1. The van der Waals surface area contributed by atoms with Crippen molar-refractivity contribution in [3.8, 4) is 0 Å². The van der Waals surface area contributed by atoms with Crippen LogP contribution in [0.3, 0.4) is 0 Å². The molecule has 0 aliphatic carbocycles. The van der Waals surface area contributed by atoms with Crippen molar-refractivity contribution in [1.29, 1.82) is 0 Å². The largest absolute Gasteiger partial charge is 0.341 e. The topological polar surface area (TPSA) is 54.7 Å². The quantitative estimate of drug-likeness (QED) is 0.805. The third-order valence-corrected chi connectivity index (χ3v) is 2.68. The fraction of sp³-hybridized carbons (Fsp3) is 0.417. The summed E-state index contributed by atoms with van der Waals surface area (Å²) in [5.41, 5.74) is 9.34. The number of aromatic nitrogens is 2. The molecule has 0 bridgehead atoms. The lowest BCUT2D eigenvalue weighted by atomic mass is 10.2. The zero-order valence-corrected chi connectivity index (χ0v) is 9.25. The monoisotopic (exact) mass is 203 g/mol. The standard InChI is InChI=1S/C12H17N3/c1-3-5-9(13)12-14-10-7-4-6-8(2)11(10)15-12/h4,6-7,9H,3,5,13H2,1-2H3,(H,14,15)/t9-/m1/s1. The smallest absolute Gasteiger partial charge is 0.124 e. The summed E-state index contributed by atoms with van der Waals surface area (Å²) in [6.07, 6.45) is 2.05. The number of nitrogens with one attached hydrogen (secondary N) is 1. The van der Waals surface area contributed by atoms with Gasteiger partial charge in [0.2, 0.25) is 0 Å². The Balaban J connectivity index is 2.43. The van der Waals surface area contributed by atoms with Crippen molar-refractivity contribution in [2.45, 2.75) is 32.7 Å². The van der Waals surface area contributed by atoms with Gasteiger partial charge in [-0.05, 0) is 25.0 Å². The van der Waals surface area contributed by atoms with Gasteiger partial charge in [-0.25, -0.2) is 4.98 Å². The van der Waals surface area contributed by atoms with E-state index < -0.39 is 0 Å². The van der Waals surface area contributed by atoms with Gasteiger partial charge < -0.3 is 10.7 Å². The molecule has 1 aromatic carbocycles. The minimum atomic E-state index is 0.0294. The first-order valence-electron chi connectivity index (χ1n) is 5.43. The van der Waals surface area contributed by atoms with Gasteiger partial charge in [-0.2, -0.15) is 0 Å². The van der Waals surface area contributed by atoms with E-state index in [1.807, 2.05) is 12.1 Å². The van der Waals surface area contributed by atoms with Crippen LogP contribution in [0, 0.1) is 6.92 Å². The number of rotatable bonds is 3. The molecule has 2 aromatic rings. The lowest BCUT2D eigenvalue weighted by molar-refractivity contribution is 0.610. The second kappa shape index (κ2) is 4.03. The number of imidazole rings is 1. The Bertz CT molecular complexity index is 459. The second-order valence-electron chi connectivity index (χ2n) is 3.99. The average molecular weight is 203 g/mol. The van der Waals surface area contributed by atoms with E-state index in [1.54, 1.807) is 0 Å². The number of fused-ring (bicyclic) bond motifs is 1. The van der Waals surface area contributed by atoms with E-state index in [0.717, 1.165) is 29.7 Å². The van der Waals surface area contributed by atoms with Crippen LogP contribution in [-0.4, -0.2) is 9.97 Å². The Kier molecular flexibility index (Phi) is 2.73. The van der Waals surface area contributed by atoms with Gasteiger partial charge in [-0.1, -0.05) is 25.5 Å². The van der Waals surface area contributed by atoms with Gasteiger partial charge in [0.25, 0.3) is 0 Å². The first-order chi connectivity index (χ1) is 7.22. The van der Waals surface area contributed by atoms with Crippen molar-refractivity contribution in [2.75, 3.05) is 0 Å². The summed E-state index contributed by atoms with van der Waals surface area (Å²) in [7, 11) is 0. The molecular formula is C12H17N3. The molecule has 0 aliphatic heterocycles. The van der Waals surface area contributed by atoms with Crippen LogP contribution in [0.4, 0.5) is 0 Å². The van der Waals surface area contributed by atoms with Crippen LogP contribution in [0.5, 0.6) is 0 Å². The molecule has 1 heterocycles. The van der Waals surface area contributed by atoms with Gasteiger partial charge in [0.15, 0.2) is 0 Å². The van der Waals surface area contributed by atoms with E-state index in [9.17, 15) is 0 Å². The summed E-state index contributed by atoms with van der Waals surface area (Å²) < 4.78 is 0. The Morgan fingerprint density at radius 1 is 1.47 bits per heavy atom. The highest BCUT2D eigenvalue weighted by Crippen LogP contribution is 2.19. The molecule has 15 heavy (non-hydrogen) atoms. The van der Waals surface area contributed by atoms with Gasteiger partial charge in [0.1, 0.15) is 5.82 Å². The van der Waals surface area contributed by atoms with Crippen molar-refractivity contribution in [3.05, 3.63) is 29.6 Å². The Labute approximate surface area is 89.7 Å². The highest BCUT2D eigenvalue weighted by Gasteiger charge is 2.10. The van der Waals surface area contributed by atoms with Gasteiger partial charge in [0, 0.05) is 0 Å². The molecule has 0 unspecified atom stereocenters. The lowest BCUT2D eigenvalue weighted by Crippen LogP contribution is -2.11. The van der Waals surface area contributed by atoms with E-state index in [0.29, 0.717) is 0 Å². The normalized spacial score (nSPS) is 13.3. The van der Waals surface area contributed by atoms with Crippen molar-refractivity contribution < 1.29 is 0 Å². The van der Waals surface area contributed by atoms with Crippen LogP contribution in [0.15, 0.2) is 18.2 Å². The zero-order valence-electron chi connectivity index (χ0n) is 9.25. The summed E-state index contributed by atoms with van der Waals surface area (Å²) in [5.74, 6) is 0.904. The summed E-state index contributed by atoms with van der Waals surface area (Å²) in [6, 6.07) is 6.17. The minimum absolute atomic E-state index is 0.0294. The molecule has 1 aromatic heterocycles. The molecule has 0 spiro atoms. The summed E-state index contributed by atoms with van der Waals surface area (Å²) in [5, 5.41) is 0. The SMILES string of the molecule is CCC[C@@H](N)c1nc2c(C)cccc2[nH]1. The third-order valence-electron chi connectivity index (χ3n) is 2.68. The van der Waals surface area contributed by atoms with Gasteiger partial charge in [-0.15, -0.1) is 0 Å². The number of hydrogen-bond acceptors (Lipinski definition) is 2. The lowest BCUT2D eigenvalue weighted by Gasteiger charge is -2.04. The first-order valence-corrected chi connectivity index (χ1v) is 5.43. The van der Waals surface area contributed by atoms with Crippen LogP contribution < -0.4 is 5.73 Å². The van der Waals surface area contributed by atoms with E-state index in [2.05, 4.69) is 29.9 Å². The average Bonchev–Trinajstić information content (AvgIpc) is 2.63. The van der Waals surface area contributed by atoms with Crippen molar-refractivity contribution in [2.24, 2.45) is 5.73 Å². The zero-order chi connectivity index (χ0) is 10.8. The molecule has 0 radical (unpaired) electrons. The number of aryl methyl sites for hydroxylation is 1. The number of para-hydroxylation sites is 1. The summed E-state index contributed by atoms with van der Waals surface area (Å²) >= 11 is 0. The third kappa shape index (κ3) is 1.88. The van der Waals surface area contributed by atoms with Crippen LogP contribution in [-0.2, 0) is 0 Å². The molecule has 0 fully saturated rings. The van der Waals surface area contributed by atoms with Gasteiger partial charge in [0.05, 0.1) is 17.1 Å². The number of nitrogens with zero attached hydrogens (tertiary/aromatic N) is 1. The molecule has 0 aliphatic rings. The molecule has 0 saturated carbocycles. The molecule has 3 heteroatoms. The maximum absolute atomic E-state index is 6.03. The Morgan fingerprint density at radius 3 is 2.93 bits per heavy atom. The van der Waals surface area contributed by atoms with Crippen molar-refractivity contribution >= 4 is 11.0 Å². The van der Waals surface area contributed by atoms with E-state index in [-0.39, 0.29) is 6.04 Å². The predicted octanol–water partition coefficient (Wildman–Crippen LogP) is 2.67. The second-order valence-corrected chi connectivity index (χ2v) is 3.99. The van der Waals surface area contributed by atoms with Gasteiger partial charge >= 0.3 is 0 Å². The van der Waals surface area contributed by atoms with Crippen molar-refractivity contribution in [1.82, 2.24) is 9.97 Å². The molecule has 2 rings (SSSR count).